The highest BCUT2D eigenvalue weighted by atomic mass is 16.1. The first-order valence-corrected chi connectivity index (χ1v) is 6.25. The number of hydrogen-bond donors (Lipinski definition) is 0. The number of hydrogen-bond acceptors (Lipinski definition) is 4. The molecule has 1 aliphatic carbocycles. The van der Waals surface area contributed by atoms with Gasteiger partial charge in [0.25, 0.3) is 0 Å². The third-order valence-corrected chi connectivity index (χ3v) is 3.42. The molecule has 1 aromatic carbocycles. The van der Waals surface area contributed by atoms with E-state index in [9.17, 15) is 9.59 Å². The molecule has 0 heterocycles. The molecule has 0 fully saturated rings. The van der Waals surface area contributed by atoms with Gasteiger partial charge in [-0.15, -0.1) is 0 Å². The smallest absolute Gasteiger partial charge is 0.211 e. The molecule has 0 radical (unpaired) electrons. The van der Waals surface area contributed by atoms with Gasteiger partial charge >= 0.3 is 0 Å². The normalized spacial score (nSPS) is 21.1. The molecule has 0 bridgehead atoms. The van der Waals surface area contributed by atoms with E-state index >= 15 is 0 Å². The van der Waals surface area contributed by atoms with Crippen LogP contribution in [0, 0.1) is 6.92 Å². The first-order valence-electron chi connectivity index (χ1n) is 6.25. The molecular weight excluding hydrogens is 252 g/mol. The van der Waals surface area contributed by atoms with Gasteiger partial charge in [0.05, 0.1) is 0 Å². The predicted molar refractivity (Wildman–Crippen MR) is 76.5 cm³/mol. The fourth-order valence-electron chi connectivity index (χ4n) is 2.43. The zero-order valence-corrected chi connectivity index (χ0v) is 11.4. The van der Waals surface area contributed by atoms with Crippen molar-refractivity contribution in [2.24, 2.45) is 9.98 Å². The van der Waals surface area contributed by atoms with E-state index in [0.29, 0.717) is 6.42 Å². The summed E-state index contributed by atoms with van der Waals surface area (Å²) >= 11 is 0. The second-order valence-corrected chi connectivity index (χ2v) is 4.80. The third kappa shape index (κ3) is 2.57. The highest BCUT2D eigenvalue weighted by Gasteiger charge is 2.30. The number of aliphatic imine (C=N–C) groups is 2. The van der Waals surface area contributed by atoms with E-state index in [2.05, 4.69) is 9.98 Å². The maximum atomic E-state index is 10.5. The average molecular weight is 266 g/mol. The standard InChI is InChI=1S/C16H14N2O2/c1-12-5-3-4-6-14(12)15-7-8-16(17-10-19,18-11-20)9-13(15)2/h3-8H,9H2,1-2H3. The molecule has 1 aliphatic rings. The Hall–Kier alpha value is -2.54. The summed E-state index contributed by atoms with van der Waals surface area (Å²) in [5.74, 6) is 0. The number of benzene rings is 1. The Morgan fingerprint density at radius 3 is 2.30 bits per heavy atom. The van der Waals surface area contributed by atoms with Gasteiger partial charge in [0.15, 0.2) is 5.66 Å². The topological polar surface area (TPSA) is 58.9 Å². The summed E-state index contributed by atoms with van der Waals surface area (Å²) < 4.78 is 0. The van der Waals surface area contributed by atoms with E-state index in [0.717, 1.165) is 22.3 Å². The van der Waals surface area contributed by atoms with E-state index in [1.165, 1.54) is 12.2 Å². The summed E-state index contributed by atoms with van der Waals surface area (Å²) in [6.07, 6.45) is 6.83. The Morgan fingerprint density at radius 2 is 1.75 bits per heavy atom. The third-order valence-electron chi connectivity index (χ3n) is 3.42. The lowest BCUT2D eigenvalue weighted by Crippen LogP contribution is -2.23. The number of carbonyl (C=O) groups excluding carboxylic acids is 2. The van der Waals surface area contributed by atoms with Crippen LogP contribution in [0.1, 0.15) is 24.5 Å². The summed E-state index contributed by atoms with van der Waals surface area (Å²) in [7, 11) is 0. The number of isocyanates is 2. The maximum Gasteiger partial charge on any atom is 0.237 e. The van der Waals surface area contributed by atoms with Crippen molar-refractivity contribution in [2.75, 3.05) is 0 Å². The van der Waals surface area contributed by atoms with Gasteiger partial charge < -0.3 is 0 Å². The Balaban J connectivity index is 2.48. The largest absolute Gasteiger partial charge is 0.237 e. The van der Waals surface area contributed by atoms with Crippen molar-refractivity contribution >= 4 is 17.7 Å². The van der Waals surface area contributed by atoms with Gasteiger partial charge in [0, 0.05) is 6.42 Å². The van der Waals surface area contributed by atoms with Crippen molar-refractivity contribution < 1.29 is 9.59 Å². The molecule has 0 aliphatic heterocycles. The van der Waals surface area contributed by atoms with Crippen LogP contribution in [0.3, 0.4) is 0 Å². The van der Waals surface area contributed by atoms with E-state index < -0.39 is 5.66 Å². The zero-order valence-electron chi connectivity index (χ0n) is 11.4. The van der Waals surface area contributed by atoms with Crippen LogP contribution >= 0.6 is 0 Å². The first-order chi connectivity index (χ1) is 9.62. The average Bonchev–Trinajstić information content (AvgIpc) is 2.41. The van der Waals surface area contributed by atoms with E-state index in [4.69, 9.17) is 0 Å². The first kappa shape index (κ1) is 13.9. The van der Waals surface area contributed by atoms with Gasteiger partial charge in [-0.2, -0.15) is 9.98 Å². The van der Waals surface area contributed by atoms with Gasteiger partial charge in [0.1, 0.15) is 0 Å². The molecule has 0 amide bonds. The highest BCUT2D eigenvalue weighted by Crippen LogP contribution is 2.35. The summed E-state index contributed by atoms with van der Waals surface area (Å²) in [4.78, 5) is 28.4. The van der Waals surface area contributed by atoms with Gasteiger partial charge in [-0.3, -0.25) is 0 Å². The number of allylic oxidation sites excluding steroid dienone is 2. The van der Waals surface area contributed by atoms with Crippen LogP contribution in [0.25, 0.3) is 5.57 Å². The second-order valence-electron chi connectivity index (χ2n) is 4.80. The molecule has 4 nitrogen and oxygen atoms in total. The SMILES string of the molecule is CC1=C(c2ccccc2C)C=CC(N=C=O)(N=C=O)C1. The van der Waals surface area contributed by atoms with Crippen LogP contribution in [0.2, 0.25) is 0 Å². The van der Waals surface area contributed by atoms with E-state index in [1.807, 2.05) is 44.2 Å². The molecule has 0 saturated heterocycles. The molecule has 0 N–H and O–H groups in total. The highest BCUT2D eigenvalue weighted by molar-refractivity contribution is 5.80. The molecule has 0 spiro atoms. The summed E-state index contributed by atoms with van der Waals surface area (Å²) in [5.41, 5.74) is 3.19. The van der Waals surface area contributed by atoms with Crippen LogP contribution in [-0.4, -0.2) is 17.8 Å². The van der Waals surface area contributed by atoms with Crippen LogP contribution in [-0.2, 0) is 9.59 Å². The summed E-state index contributed by atoms with van der Waals surface area (Å²) in [6, 6.07) is 8.04. The maximum absolute atomic E-state index is 10.5. The molecule has 0 saturated carbocycles. The number of nitrogens with zero attached hydrogens (tertiary/aromatic N) is 2. The molecule has 0 aromatic heterocycles. The molecule has 100 valence electrons. The molecule has 4 heteroatoms. The minimum atomic E-state index is -1.18. The van der Waals surface area contributed by atoms with Crippen molar-refractivity contribution in [3.63, 3.8) is 0 Å². The molecule has 0 unspecified atom stereocenters. The Labute approximate surface area is 117 Å². The van der Waals surface area contributed by atoms with Crippen molar-refractivity contribution in [1.29, 1.82) is 0 Å². The molecular formula is C16H14N2O2. The van der Waals surface area contributed by atoms with Gasteiger partial charge in [-0.25, -0.2) is 9.59 Å². The quantitative estimate of drug-likeness (QED) is 0.623. The van der Waals surface area contributed by atoms with Crippen LogP contribution in [0.4, 0.5) is 0 Å². The lowest BCUT2D eigenvalue weighted by molar-refractivity contribution is 0.508. The minimum absolute atomic E-state index is 0.373. The van der Waals surface area contributed by atoms with Crippen LogP contribution in [0.15, 0.2) is 52.0 Å². The van der Waals surface area contributed by atoms with Gasteiger partial charge in [-0.05, 0) is 36.6 Å². The monoisotopic (exact) mass is 266 g/mol. The predicted octanol–water partition coefficient (Wildman–Crippen LogP) is 3.10. The van der Waals surface area contributed by atoms with Crippen LogP contribution in [0.5, 0.6) is 0 Å². The lowest BCUT2D eigenvalue weighted by atomic mass is 9.86. The number of rotatable bonds is 3. The van der Waals surface area contributed by atoms with Gasteiger partial charge in [-0.1, -0.05) is 35.9 Å². The Kier molecular flexibility index (Phi) is 3.90. The summed E-state index contributed by atoms with van der Waals surface area (Å²) in [6.45, 7) is 3.99. The fourth-order valence-corrected chi connectivity index (χ4v) is 2.43. The molecule has 2 rings (SSSR count). The van der Waals surface area contributed by atoms with E-state index in [-0.39, 0.29) is 0 Å². The minimum Gasteiger partial charge on any atom is -0.211 e. The van der Waals surface area contributed by atoms with E-state index in [1.54, 1.807) is 6.08 Å². The Bertz CT molecular complexity index is 670. The van der Waals surface area contributed by atoms with Gasteiger partial charge in [0.2, 0.25) is 12.2 Å². The second kappa shape index (κ2) is 5.62. The van der Waals surface area contributed by atoms with Crippen molar-refractivity contribution in [2.45, 2.75) is 25.9 Å². The Morgan fingerprint density at radius 1 is 1.10 bits per heavy atom. The van der Waals surface area contributed by atoms with Crippen molar-refractivity contribution in [3.05, 3.63) is 53.1 Å². The molecule has 1 aromatic rings. The van der Waals surface area contributed by atoms with Crippen LogP contribution < -0.4 is 0 Å². The van der Waals surface area contributed by atoms with Crippen molar-refractivity contribution in [3.8, 4) is 0 Å². The van der Waals surface area contributed by atoms with Crippen molar-refractivity contribution in [1.82, 2.24) is 0 Å². The lowest BCUT2D eigenvalue weighted by Gasteiger charge is -2.25. The summed E-state index contributed by atoms with van der Waals surface area (Å²) in [5, 5.41) is 0. The number of aryl methyl sites for hydroxylation is 1. The molecule has 0 atom stereocenters. The zero-order chi connectivity index (χ0) is 14.6. The fraction of sp³-hybridized carbons (Fsp3) is 0.250. The molecule has 20 heavy (non-hydrogen) atoms.